The zero-order chi connectivity index (χ0) is 16.7. The van der Waals surface area contributed by atoms with Crippen molar-refractivity contribution < 1.29 is 14.7 Å². The SMILES string of the molecule is N#Cc1ccccc1NC(=O)C(=O)NCC[C@H](O)c1cccs1. The maximum atomic E-state index is 11.8. The number of hydrogen-bond acceptors (Lipinski definition) is 5. The van der Waals surface area contributed by atoms with Gasteiger partial charge in [0, 0.05) is 11.4 Å². The first-order valence-corrected chi connectivity index (χ1v) is 7.79. The Hall–Kier alpha value is -2.69. The number of hydrogen-bond donors (Lipinski definition) is 3. The molecule has 23 heavy (non-hydrogen) atoms. The highest BCUT2D eigenvalue weighted by Crippen LogP contribution is 2.20. The van der Waals surface area contributed by atoms with E-state index in [1.165, 1.54) is 11.3 Å². The molecule has 0 bridgehead atoms. The molecule has 0 aliphatic rings. The number of nitriles is 1. The zero-order valence-corrected chi connectivity index (χ0v) is 13.0. The van der Waals surface area contributed by atoms with E-state index in [-0.39, 0.29) is 17.8 Å². The first-order valence-electron chi connectivity index (χ1n) is 6.91. The van der Waals surface area contributed by atoms with E-state index in [0.29, 0.717) is 6.42 Å². The topological polar surface area (TPSA) is 102 Å². The second-order valence-corrected chi connectivity index (χ2v) is 5.67. The van der Waals surface area contributed by atoms with Gasteiger partial charge >= 0.3 is 11.8 Å². The van der Waals surface area contributed by atoms with E-state index in [1.807, 2.05) is 23.6 Å². The molecule has 0 saturated carbocycles. The third kappa shape index (κ3) is 4.64. The molecule has 0 radical (unpaired) electrons. The van der Waals surface area contributed by atoms with Crippen LogP contribution in [0.2, 0.25) is 0 Å². The summed E-state index contributed by atoms with van der Waals surface area (Å²) in [7, 11) is 0. The Morgan fingerprint density at radius 1 is 1.22 bits per heavy atom. The maximum Gasteiger partial charge on any atom is 0.313 e. The molecule has 1 aromatic carbocycles. The fourth-order valence-electron chi connectivity index (χ4n) is 1.89. The number of aliphatic hydroxyl groups is 1. The number of nitrogens with zero attached hydrogens (tertiary/aromatic N) is 1. The summed E-state index contributed by atoms with van der Waals surface area (Å²) in [5, 5.41) is 25.5. The molecule has 2 rings (SSSR count). The van der Waals surface area contributed by atoms with E-state index in [4.69, 9.17) is 5.26 Å². The number of amides is 2. The lowest BCUT2D eigenvalue weighted by atomic mass is 10.2. The number of thiophene rings is 1. The highest BCUT2D eigenvalue weighted by atomic mass is 32.1. The molecule has 0 spiro atoms. The third-order valence-electron chi connectivity index (χ3n) is 3.08. The summed E-state index contributed by atoms with van der Waals surface area (Å²) in [4.78, 5) is 24.3. The number of carbonyl (C=O) groups is 2. The largest absolute Gasteiger partial charge is 0.388 e. The number of carbonyl (C=O) groups excluding carboxylic acids is 2. The molecule has 1 atom stereocenters. The molecule has 118 valence electrons. The van der Waals surface area contributed by atoms with E-state index in [9.17, 15) is 14.7 Å². The summed E-state index contributed by atoms with van der Waals surface area (Å²) in [5.41, 5.74) is 0.565. The van der Waals surface area contributed by atoms with Crippen molar-refractivity contribution in [2.45, 2.75) is 12.5 Å². The Labute approximate surface area is 137 Å². The van der Waals surface area contributed by atoms with Gasteiger partial charge in [-0.3, -0.25) is 9.59 Å². The molecule has 1 aromatic heterocycles. The summed E-state index contributed by atoms with van der Waals surface area (Å²) in [6, 6.07) is 12.0. The minimum Gasteiger partial charge on any atom is -0.388 e. The highest BCUT2D eigenvalue weighted by molar-refractivity contribution is 7.10. The lowest BCUT2D eigenvalue weighted by Crippen LogP contribution is -2.36. The van der Waals surface area contributed by atoms with Gasteiger partial charge in [-0.2, -0.15) is 5.26 Å². The van der Waals surface area contributed by atoms with Crippen molar-refractivity contribution in [1.29, 1.82) is 5.26 Å². The molecule has 2 aromatic rings. The van der Waals surface area contributed by atoms with Crippen molar-refractivity contribution >= 4 is 28.8 Å². The molecule has 0 unspecified atom stereocenters. The van der Waals surface area contributed by atoms with Gasteiger partial charge in [0.2, 0.25) is 0 Å². The Kier molecular flexibility index (Phi) is 5.86. The van der Waals surface area contributed by atoms with Crippen LogP contribution in [0.4, 0.5) is 5.69 Å². The van der Waals surface area contributed by atoms with Crippen LogP contribution in [0.25, 0.3) is 0 Å². The van der Waals surface area contributed by atoms with Crippen LogP contribution in [0.3, 0.4) is 0 Å². The van der Waals surface area contributed by atoms with Gasteiger partial charge in [0.15, 0.2) is 0 Å². The summed E-state index contributed by atoms with van der Waals surface area (Å²) in [6.45, 7) is 0.172. The van der Waals surface area contributed by atoms with Crippen molar-refractivity contribution in [2.24, 2.45) is 0 Å². The van der Waals surface area contributed by atoms with Gasteiger partial charge in [-0.1, -0.05) is 18.2 Å². The molecule has 6 nitrogen and oxygen atoms in total. The van der Waals surface area contributed by atoms with E-state index in [1.54, 1.807) is 24.3 Å². The average Bonchev–Trinajstić information content (AvgIpc) is 3.09. The van der Waals surface area contributed by atoms with Crippen LogP contribution in [-0.2, 0) is 9.59 Å². The van der Waals surface area contributed by atoms with Crippen molar-refractivity contribution in [3.63, 3.8) is 0 Å². The van der Waals surface area contributed by atoms with Crippen LogP contribution in [-0.4, -0.2) is 23.5 Å². The lowest BCUT2D eigenvalue weighted by molar-refractivity contribution is -0.136. The minimum absolute atomic E-state index is 0.172. The molecule has 0 aliphatic heterocycles. The van der Waals surface area contributed by atoms with Crippen molar-refractivity contribution in [3.05, 3.63) is 52.2 Å². The lowest BCUT2D eigenvalue weighted by Gasteiger charge is -2.10. The predicted molar refractivity (Wildman–Crippen MR) is 86.7 cm³/mol. The van der Waals surface area contributed by atoms with Crippen LogP contribution < -0.4 is 10.6 Å². The number of rotatable bonds is 5. The van der Waals surface area contributed by atoms with Gasteiger partial charge in [0.1, 0.15) is 6.07 Å². The second kappa shape index (κ2) is 8.08. The second-order valence-electron chi connectivity index (χ2n) is 4.69. The Morgan fingerprint density at radius 3 is 2.70 bits per heavy atom. The highest BCUT2D eigenvalue weighted by Gasteiger charge is 2.16. The first kappa shape index (κ1) is 16.7. The molecule has 7 heteroatoms. The molecule has 0 saturated heterocycles. The number of aliphatic hydroxyl groups excluding tert-OH is 1. The maximum absolute atomic E-state index is 11.8. The smallest absolute Gasteiger partial charge is 0.313 e. The van der Waals surface area contributed by atoms with E-state index in [0.717, 1.165) is 4.88 Å². The fourth-order valence-corrected chi connectivity index (χ4v) is 2.64. The van der Waals surface area contributed by atoms with Crippen LogP contribution >= 0.6 is 11.3 Å². The van der Waals surface area contributed by atoms with Crippen LogP contribution in [0, 0.1) is 11.3 Å². The Bertz CT molecular complexity index is 722. The van der Waals surface area contributed by atoms with Crippen molar-refractivity contribution in [1.82, 2.24) is 5.32 Å². The molecule has 3 N–H and O–H groups in total. The summed E-state index contributed by atoms with van der Waals surface area (Å²) in [6.07, 6.45) is -0.355. The standard InChI is InChI=1S/C16H15N3O3S/c17-10-11-4-1-2-5-12(11)19-16(22)15(21)18-8-7-13(20)14-6-3-9-23-14/h1-6,9,13,20H,7-8H2,(H,18,21)(H,19,22)/t13-/m0/s1. The van der Waals surface area contributed by atoms with Gasteiger partial charge in [-0.05, 0) is 30.0 Å². The number of benzene rings is 1. The predicted octanol–water partition coefficient (Wildman–Crippen LogP) is 1.80. The molecule has 2 amide bonds. The van der Waals surface area contributed by atoms with Gasteiger partial charge in [-0.15, -0.1) is 11.3 Å². The average molecular weight is 329 g/mol. The van der Waals surface area contributed by atoms with Crippen molar-refractivity contribution in [3.8, 4) is 6.07 Å². The normalized spacial score (nSPS) is 11.3. The molecule has 0 fully saturated rings. The van der Waals surface area contributed by atoms with Gasteiger partial charge < -0.3 is 15.7 Å². The molecule has 1 heterocycles. The van der Waals surface area contributed by atoms with Crippen LogP contribution in [0.15, 0.2) is 41.8 Å². The summed E-state index contributed by atoms with van der Waals surface area (Å²) in [5.74, 6) is -1.66. The van der Waals surface area contributed by atoms with E-state index < -0.39 is 17.9 Å². The fraction of sp³-hybridized carbons (Fsp3) is 0.188. The summed E-state index contributed by atoms with van der Waals surface area (Å²) < 4.78 is 0. The monoisotopic (exact) mass is 329 g/mol. The molecular formula is C16H15N3O3S. The number of nitrogens with one attached hydrogen (secondary N) is 2. The van der Waals surface area contributed by atoms with E-state index in [2.05, 4.69) is 10.6 Å². The van der Waals surface area contributed by atoms with Crippen LogP contribution in [0.5, 0.6) is 0 Å². The van der Waals surface area contributed by atoms with Gasteiger partial charge in [-0.25, -0.2) is 0 Å². The first-order chi connectivity index (χ1) is 11.1. The number of anilines is 1. The van der Waals surface area contributed by atoms with Crippen molar-refractivity contribution in [2.75, 3.05) is 11.9 Å². The van der Waals surface area contributed by atoms with Gasteiger partial charge in [0.25, 0.3) is 0 Å². The van der Waals surface area contributed by atoms with Crippen LogP contribution in [0.1, 0.15) is 23.0 Å². The minimum atomic E-state index is -0.849. The molecule has 0 aliphatic carbocycles. The third-order valence-corrected chi connectivity index (χ3v) is 4.05. The number of para-hydroxylation sites is 1. The van der Waals surface area contributed by atoms with E-state index >= 15 is 0 Å². The molecular weight excluding hydrogens is 314 g/mol. The quantitative estimate of drug-likeness (QED) is 0.728. The summed E-state index contributed by atoms with van der Waals surface area (Å²) >= 11 is 1.43. The van der Waals surface area contributed by atoms with Gasteiger partial charge in [0.05, 0.1) is 17.4 Å². The zero-order valence-electron chi connectivity index (χ0n) is 12.2. The Balaban J connectivity index is 1.81. The Morgan fingerprint density at radius 2 is 2.00 bits per heavy atom.